The molecule has 0 spiro atoms. The summed E-state index contributed by atoms with van der Waals surface area (Å²) in [5.74, 6) is 0. The van der Waals surface area contributed by atoms with E-state index < -0.39 is 0 Å². The molecule has 0 bridgehead atoms. The number of nitrogens with two attached hydrogens (primary N) is 2. The van der Waals surface area contributed by atoms with Crippen LogP contribution < -0.4 is 23.9 Å². The molecule has 0 aromatic heterocycles. The van der Waals surface area contributed by atoms with Crippen LogP contribution in [-0.4, -0.2) is 24.4 Å². The van der Waals surface area contributed by atoms with Crippen molar-refractivity contribution in [1.29, 1.82) is 0 Å². The number of nitrogen functional groups attached to an aromatic ring is 2. The summed E-state index contributed by atoms with van der Waals surface area (Å²) in [6.07, 6.45) is 13.2. The van der Waals surface area contributed by atoms with Crippen molar-refractivity contribution in [3.05, 3.63) is 107 Å². The van der Waals surface area contributed by atoms with Crippen LogP contribution in [0.3, 0.4) is 0 Å². The topological polar surface area (TPSA) is 55.0 Å². The molecule has 5 heteroatoms. The maximum Gasteiger partial charge on any atom is 0.199 e. The van der Waals surface area contributed by atoms with Crippen LogP contribution in [0, 0.1) is 0 Å². The van der Waals surface area contributed by atoms with Gasteiger partial charge in [0.15, 0.2) is 5.71 Å². The molecule has 2 aromatic carbocycles. The van der Waals surface area contributed by atoms with E-state index in [1.165, 1.54) is 26.7 Å². The van der Waals surface area contributed by atoms with Crippen LogP contribution in [0.5, 0.6) is 0 Å². The molecule has 2 aliphatic rings. The monoisotopic (exact) mass is 433 g/mol. The number of thioether (sulfide) groups is 1. The second kappa shape index (κ2) is 9.24. The van der Waals surface area contributed by atoms with Crippen LogP contribution in [0.15, 0.2) is 96.1 Å². The minimum atomic E-state index is 0. The smallest absolute Gasteiger partial charge is 0.199 e. The van der Waals surface area contributed by atoms with Crippen molar-refractivity contribution in [3.8, 4) is 0 Å². The maximum absolute atomic E-state index is 5.89. The van der Waals surface area contributed by atoms with Gasteiger partial charge >= 0.3 is 0 Å². The zero-order chi connectivity index (χ0) is 20.4. The Labute approximate surface area is 188 Å². The summed E-state index contributed by atoms with van der Waals surface area (Å²) in [6, 6.07) is 16.1. The number of hydrogen-bond donors (Lipinski definition) is 2. The highest BCUT2D eigenvalue weighted by atomic mass is 35.5. The van der Waals surface area contributed by atoms with Gasteiger partial charge in [-0.1, -0.05) is 36.0 Å². The van der Waals surface area contributed by atoms with Crippen LogP contribution >= 0.6 is 11.8 Å². The second-order valence-electron chi connectivity index (χ2n) is 7.26. The molecule has 0 atom stereocenters. The molecule has 152 valence electrons. The molecule has 1 aliphatic heterocycles. The maximum atomic E-state index is 5.89. The van der Waals surface area contributed by atoms with E-state index in [4.69, 9.17) is 11.5 Å². The van der Waals surface area contributed by atoms with Crippen molar-refractivity contribution in [2.45, 2.75) is 0 Å². The number of allylic oxidation sites excluding steroid dienone is 8. The van der Waals surface area contributed by atoms with Gasteiger partial charge in [0.05, 0.1) is 0 Å². The summed E-state index contributed by atoms with van der Waals surface area (Å²) in [4.78, 5) is 2.40. The van der Waals surface area contributed by atoms with Crippen LogP contribution in [0.25, 0.3) is 9.81 Å². The van der Waals surface area contributed by atoms with E-state index in [1.807, 2.05) is 24.3 Å². The normalized spacial score (nSPS) is 15.5. The minimum absolute atomic E-state index is 0. The Hall–Kier alpha value is -2.95. The predicted molar refractivity (Wildman–Crippen MR) is 128 cm³/mol. The fourth-order valence-corrected chi connectivity index (χ4v) is 4.32. The van der Waals surface area contributed by atoms with Crippen molar-refractivity contribution in [2.75, 3.05) is 25.6 Å². The van der Waals surface area contributed by atoms with Crippen LogP contribution in [-0.2, 0) is 0 Å². The van der Waals surface area contributed by atoms with Gasteiger partial charge in [0.25, 0.3) is 0 Å². The van der Waals surface area contributed by atoms with Gasteiger partial charge in [0.1, 0.15) is 14.1 Å². The molecule has 3 nitrogen and oxygen atoms in total. The summed E-state index contributed by atoms with van der Waals surface area (Å²) >= 11 is 1.77. The molecule has 0 saturated heterocycles. The van der Waals surface area contributed by atoms with E-state index in [0.29, 0.717) is 0 Å². The molecule has 4 N–H and O–H groups in total. The molecule has 0 fully saturated rings. The number of benzene rings is 2. The van der Waals surface area contributed by atoms with Gasteiger partial charge in [-0.15, -0.1) is 0 Å². The first-order chi connectivity index (χ1) is 14.0. The first-order valence-electron chi connectivity index (χ1n) is 9.47. The molecule has 0 radical (unpaired) electrons. The third-order valence-electron chi connectivity index (χ3n) is 4.90. The number of halogens is 1. The van der Waals surface area contributed by atoms with Crippen LogP contribution in [0.1, 0.15) is 11.1 Å². The Morgan fingerprint density at radius 3 is 1.47 bits per heavy atom. The summed E-state index contributed by atoms with van der Waals surface area (Å²) in [5, 5.41) is 0. The van der Waals surface area contributed by atoms with E-state index >= 15 is 0 Å². The minimum Gasteiger partial charge on any atom is -1.00 e. The fourth-order valence-electron chi connectivity index (χ4n) is 3.20. The molecular weight excluding hydrogens is 410 g/mol. The van der Waals surface area contributed by atoms with Gasteiger partial charge < -0.3 is 23.9 Å². The first kappa shape index (κ1) is 21.8. The SMILES string of the molecule is C[N+](C)=C1C=CC(=C2C=C(c3ccc(N)cc3)SC(c3ccc(N)cc3)=C2)C=C1.[Cl-]. The zero-order valence-electron chi connectivity index (χ0n) is 17.0. The standard InChI is InChI=1S/C25H23N3S.ClH/c1-28(2)23-13-7-17(8-14-23)20-15-24(18-3-9-21(26)10-4-18)29-25(16-20)19-5-11-22(27)12-6-19;/h3-16H,1-2H3,(H3,26,27);1H. The lowest BCUT2D eigenvalue weighted by Crippen LogP contribution is -3.00. The Bertz CT molecular complexity index is 1050. The van der Waals surface area contributed by atoms with Gasteiger partial charge in [-0.3, -0.25) is 0 Å². The molecule has 0 saturated carbocycles. The molecular formula is C25H24ClN3S. The summed E-state index contributed by atoms with van der Waals surface area (Å²) in [6.45, 7) is 0. The summed E-state index contributed by atoms with van der Waals surface area (Å²) < 4.78 is 2.11. The van der Waals surface area contributed by atoms with Gasteiger partial charge in [-0.25, -0.2) is 4.58 Å². The molecule has 0 amide bonds. The fraction of sp³-hybridized carbons (Fsp3) is 0.0800. The molecule has 30 heavy (non-hydrogen) atoms. The van der Waals surface area contributed by atoms with E-state index in [-0.39, 0.29) is 12.4 Å². The zero-order valence-corrected chi connectivity index (χ0v) is 18.5. The first-order valence-corrected chi connectivity index (χ1v) is 10.3. The largest absolute Gasteiger partial charge is 1.00 e. The van der Waals surface area contributed by atoms with Crippen LogP contribution in [0.2, 0.25) is 0 Å². The lowest BCUT2D eigenvalue weighted by Gasteiger charge is -2.19. The Morgan fingerprint density at radius 2 is 1.07 bits per heavy atom. The number of nitrogens with zero attached hydrogens (tertiary/aromatic N) is 1. The molecule has 1 aliphatic carbocycles. The average Bonchev–Trinajstić information content (AvgIpc) is 2.74. The Morgan fingerprint density at radius 1 is 0.633 bits per heavy atom. The van der Waals surface area contributed by atoms with Crippen molar-refractivity contribution in [2.24, 2.45) is 0 Å². The van der Waals surface area contributed by atoms with Gasteiger partial charge in [0.2, 0.25) is 0 Å². The van der Waals surface area contributed by atoms with E-state index in [0.717, 1.165) is 22.5 Å². The van der Waals surface area contributed by atoms with Gasteiger partial charge in [-0.2, -0.15) is 0 Å². The number of rotatable bonds is 2. The summed E-state index contributed by atoms with van der Waals surface area (Å²) in [5.41, 5.74) is 19.2. The van der Waals surface area contributed by atoms with Gasteiger partial charge in [-0.05, 0) is 70.8 Å². The molecule has 0 unspecified atom stereocenters. The van der Waals surface area contributed by atoms with Gasteiger partial charge in [0, 0.05) is 33.3 Å². The van der Waals surface area contributed by atoms with E-state index in [9.17, 15) is 0 Å². The highest BCUT2D eigenvalue weighted by Gasteiger charge is 2.17. The summed E-state index contributed by atoms with van der Waals surface area (Å²) in [7, 11) is 4.11. The Balaban J connectivity index is 0.00000256. The lowest BCUT2D eigenvalue weighted by molar-refractivity contribution is -0.462. The average molecular weight is 434 g/mol. The third kappa shape index (κ3) is 4.78. The molecule has 2 aromatic rings. The molecule has 1 heterocycles. The van der Waals surface area contributed by atoms with Crippen molar-refractivity contribution >= 4 is 38.7 Å². The predicted octanol–water partition coefficient (Wildman–Crippen LogP) is 2.12. The third-order valence-corrected chi connectivity index (χ3v) is 6.05. The Kier molecular flexibility index (Phi) is 6.70. The van der Waals surface area contributed by atoms with Crippen molar-refractivity contribution < 1.29 is 17.0 Å². The van der Waals surface area contributed by atoms with Crippen molar-refractivity contribution in [1.82, 2.24) is 0 Å². The van der Waals surface area contributed by atoms with E-state index in [2.05, 4.69) is 79.4 Å². The highest BCUT2D eigenvalue weighted by molar-refractivity contribution is 8.16. The second-order valence-corrected chi connectivity index (χ2v) is 8.34. The van der Waals surface area contributed by atoms with Crippen LogP contribution in [0.4, 0.5) is 11.4 Å². The molecule has 4 rings (SSSR count). The quantitative estimate of drug-likeness (QED) is 0.563. The van der Waals surface area contributed by atoms with E-state index in [1.54, 1.807) is 11.8 Å². The van der Waals surface area contributed by atoms with Crippen molar-refractivity contribution in [3.63, 3.8) is 0 Å². The number of hydrogen-bond acceptors (Lipinski definition) is 3. The highest BCUT2D eigenvalue weighted by Crippen LogP contribution is 2.45. The number of anilines is 2. The lowest BCUT2D eigenvalue weighted by atomic mass is 9.99.